The second-order valence-corrected chi connectivity index (χ2v) is 8.24. The zero-order valence-electron chi connectivity index (χ0n) is 18.0. The fourth-order valence-corrected chi connectivity index (χ4v) is 3.51. The van der Waals surface area contributed by atoms with Crippen LogP contribution in [0.3, 0.4) is 0 Å². The molecule has 0 bridgehead atoms. The molecule has 3 aromatic carbocycles. The molecule has 3 rings (SSSR count). The van der Waals surface area contributed by atoms with Crippen molar-refractivity contribution in [2.45, 2.75) is 13.0 Å². The molecule has 2 amide bonds. The molecule has 176 valence electrons. The number of benzene rings is 3. The zero-order valence-corrected chi connectivity index (χ0v) is 20.3. The summed E-state index contributed by atoms with van der Waals surface area (Å²) in [6.45, 7) is 0.310. The quantitative estimate of drug-likeness (QED) is 0.216. The average Bonchev–Trinajstić information content (AvgIpc) is 2.80. The number of carbonyl (C=O) groups excluding carboxylic acids is 2. The van der Waals surface area contributed by atoms with E-state index in [4.69, 9.17) is 21.1 Å². The highest BCUT2D eigenvalue weighted by molar-refractivity contribution is 9.10. The predicted molar refractivity (Wildman–Crippen MR) is 132 cm³/mol. The van der Waals surface area contributed by atoms with E-state index in [2.05, 4.69) is 31.8 Å². The van der Waals surface area contributed by atoms with Crippen molar-refractivity contribution in [1.82, 2.24) is 5.43 Å². The Morgan fingerprint density at radius 3 is 2.56 bits per heavy atom. The molecule has 0 heterocycles. The smallest absolute Gasteiger partial charge is 0.249 e. The zero-order chi connectivity index (χ0) is 24.5. The van der Waals surface area contributed by atoms with Crippen LogP contribution in [0.1, 0.15) is 17.5 Å². The molecule has 0 saturated carbocycles. The Kier molecular flexibility index (Phi) is 9.00. The van der Waals surface area contributed by atoms with Gasteiger partial charge in [-0.15, -0.1) is 0 Å². The number of methoxy groups -OCH3 is 1. The minimum absolute atomic E-state index is 0.000817. The molecule has 0 saturated heterocycles. The van der Waals surface area contributed by atoms with Gasteiger partial charge in [-0.1, -0.05) is 35.9 Å². The first kappa shape index (κ1) is 25.2. The molecule has 0 atom stereocenters. The fourth-order valence-electron chi connectivity index (χ4n) is 2.81. The molecule has 0 aromatic heterocycles. The van der Waals surface area contributed by atoms with E-state index in [9.17, 15) is 14.0 Å². The number of carbonyl (C=O) groups is 2. The first-order valence-corrected chi connectivity index (χ1v) is 11.1. The molecular weight excluding hydrogens is 529 g/mol. The van der Waals surface area contributed by atoms with Crippen LogP contribution in [0.15, 0.2) is 70.2 Å². The Labute approximate surface area is 209 Å². The van der Waals surface area contributed by atoms with Crippen LogP contribution in [-0.2, 0) is 16.2 Å². The molecule has 3 aromatic rings. The molecule has 0 aliphatic heterocycles. The summed E-state index contributed by atoms with van der Waals surface area (Å²) in [6.07, 6.45) is 0.874. The monoisotopic (exact) mass is 547 g/mol. The van der Waals surface area contributed by atoms with Crippen molar-refractivity contribution in [3.63, 3.8) is 0 Å². The van der Waals surface area contributed by atoms with E-state index in [1.807, 2.05) is 12.1 Å². The van der Waals surface area contributed by atoms with Gasteiger partial charge in [0.25, 0.3) is 0 Å². The molecule has 0 aliphatic rings. The van der Waals surface area contributed by atoms with Gasteiger partial charge in [0.1, 0.15) is 18.8 Å². The van der Waals surface area contributed by atoms with Crippen molar-refractivity contribution < 1.29 is 23.5 Å². The Morgan fingerprint density at radius 1 is 1.12 bits per heavy atom. The summed E-state index contributed by atoms with van der Waals surface area (Å²) < 4.78 is 25.5. The number of para-hydroxylation sites is 1. The van der Waals surface area contributed by atoms with E-state index in [0.717, 1.165) is 5.56 Å². The van der Waals surface area contributed by atoms with E-state index in [0.29, 0.717) is 33.2 Å². The van der Waals surface area contributed by atoms with Gasteiger partial charge in [0.15, 0.2) is 11.5 Å². The van der Waals surface area contributed by atoms with Crippen LogP contribution < -0.4 is 20.2 Å². The minimum atomic E-state index is -0.663. The molecule has 7 nitrogen and oxygen atoms in total. The number of amides is 2. The number of anilines is 1. The first-order chi connectivity index (χ1) is 16.4. The number of halogens is 3. The standard InChI is InChI=1S/C24H20BrClFN3O4/c1-33-21-11-16(10-18(25)24(21)34-14-15-6-8-17(26)9-7-15)13-28-30-23(32)12-22(31)29-20-5-3-2-4-19(20)27/h2-11,13H,12,14H2,1H3,(H,29,31)(H,30,32). The molecule has 10 heteroatoms. The molecule has 0 spiro atoms. The van der Waals surface area contributed by atoms with Crippen LogP contribution in [-0.4, -0.2) is 25.1 Å². The van der Waals surface area contributed by atoms with Crippen molar-refractivity contribution >= 4 is 51.2 Å². The van der Waals surface area contributed by atoms with E-state index in [1.54, 1.807) is 30.3 Å². The van der Waals surface area contributed by atoms with Crippen molar-refractivity contribution in [2.24, 2.45) is 5.10 Å². The Morgan fingerprint density at radius 2 is 1.85 bits per heavy atom. The summed E-state index contributed by atoms with van der Waals surface area (Å²) in [7, 11) is 1.51. The van der Waals surface area contributed by atoms with Crippen LogP contribution in [0.2, 0.25) is 5.02 Å². The number of rotatable bonds is 9. The summed E-state index contributed by atoms with van der Waals surface area (Å²) in [5, 5.41) is 6.84. The maximum absolute atomic E-state index is 13.6. The summed E-state index contributed by atoms with van der Waals surface area (Å²) >= 11 is 9.36. The Bertz CT molecular complexity index is 1210. The number of ether oxygens (including phenoxy) is 2. The van der Waals surface area contributed by atoms with Gasteiger partial charge in [0.2, 0.25) is 11.8 Å². The highest BCUT2D eigenvalue weighted by Crippen LogP contribution is 2.36. The Balaban J connectivity index is 1.57. The second-order valence-electron chi connectivity index (χ2n) is 6.95. The van der Waals surface area contributed by atoms with Crippen molar-refractivity contribution in [3.8, 4) is 11.5 Å². The molecule has 0 radical (unpaired) electrons. The lowest BCUT2D eigenvalue weighted by Gasteiger charge is -2.13. The topological polar surface area (TPSA) is 89.0 Å². The SMILES string of the molecule is COc1cc(C=NNC(=O)CC(=O)Nc2ccccc2F)cc(Br)c1OCc1ccc(Cl)cc1. The van der Waals surface area contributed by atoms with Crippen molar-refractivity contribution in [1.29, 1.82) is 0 Å². The summed E-state index contributed by atoms with van der Waals surface area (Å²) in [5.41, 5.74) is 3.81. The molecule has 34 heavy (non-hydrogen) atoms. The molecule has 0 aliphatic carbocycles. The van der Waals surface area contributed by atoms with Crippen molar-refractivity contribution in [2.75, 3.05) is 12.4 Å². The maximum Gasteiger partial charge on any atom is 0.249 e. The maximum atomic E-state index is 13.6. The molecule has 2 N–H and O–H groups in total. The van der Waals surface area contributed by atoms with Crippen LogP contribution in [0.25, 0.3) is 0 Å². The fraction of sp³-hybridized carbons (Fsp3) is 0.125. The van der Waals surface area contributed by atoms with Crippen LogP contribution >= 0.6 is 27.5 Å². The van der Waals surface area contributed by atoms with E-state index >= 15 is 0 Å². The van der Waals surface area contributed by atoms with Gasteiger partial charge < -0.3 is 14.8 Å². The van der Waals surface area contributed by atoms with E-state index < -0.39 is 24.1 Å². The number of nitrogens with one attached hydrogen (secondary N) is 2. The number of hydrogen-bond acceptors (Lipinski definition) is 5. The third-order valence-corrected chi connectivity index (χ3v) is 5.26. The van der Waals surface area contributed by atoms with Crippen LogP contribution in [0, 0.1) is 5.82 Å². The number of hydrogen-bond donors (Lipinski definition) is 2. The lowest BCUT2D eigenvalue weighted by Crippen LogP contribution is -2.24. The third-order valence-electron chi connectivity index (χ3n) is 4.42. The van der Waals surface area contributed by atoms with Crippen LogP contribution in [0.5, 0.6) is 11.5 Å². The van der Waals surface area contributed by atoms with Gasteiger partial charge in [-0.05, 0) is 63.5 Å². The highest BCUT2D eigenvalue weighted by Gasteiger charge is 2.13. The Hall–Kier alpha value is -3.43. The van der Waals surface area contributed by atoms with E-state index in [-0.39, 0.29) is 5.69 Å². The molecule has 0 fully saturated rings. The first-order valence-electron chi connectivity index (χ1n) is 9.96. The van der Waals surface area contributed by atoms with Gasteiger partial charge in [0.05, 0.1) is 23.5 Å². The summed E-state index contributed by atoms with van der Waals surface area (Å²) in [6, 6.07) is 16.4. The van der Waals surface area contributed by atoms with Crippen LogP contribution in [0.4, 0.5) is 10.1 Å². The predicted octanol–water partition coefficient (Wildman–Crippen LogP) is 5.31. The number of hydrazone groups is 1. The lowest BCUT2D eigenvalue weighted by molar-refractivity contribution is -0.126. The molecule has 0 unspecified atom stereocenters. The molecular formula is C24H20BrClFN3O4. The minimum Gasteiger partial charge on any atom is -0.493 e. The lowest BCUT2D eigenvalue weighted by atomic mass is 10.2. The second kappa shape index (κ2) is 12.2. The van der Waals surface area contributed by atoms with Gasteiger partial charge in [-0.3, -0.25) is 9.59 Å². The van der Waals surface area contributed by atoms with Gasteiger partial charge in [0, 0.05) is 5.02 Å². The highest BCUT2D eigenvalue weighted by atomic mass is 79.9. The third kappa shape index (κ3) is 7.29. The average molecular weight is 549 g/mol. The summed E-state index contributed by atoms with van der Waals surface area (Å²) in [5.74, 6) is -0.943. The van der Waals surface area contributed by atoms with Gasteiger partial charge in [-0.25, -0.2) is 9.82 Å². The van der Waals surface area contributed by atoms with Gasteiger partial charge >= 0.3 is 0 Å². The van der Waals surface area contributed by atoms with E-state index in [1.165, 1.54) is 31.5 Å². The largest absolute Gasteiger partial charge is 0.493 e. The van der Waals surface area contributed by atoms with Crippen molar-refractivity contribution in [3.05, 3.63) is 87.1 Å². The van der Waals surface area contributed by atoms with Gasteiger partial charge in [-0.2, -0.15) is 5.10 Å². The number of nitrogens with zero attached hydrogens (tertiary/aromatic N) is 1. The summed E-state index contributed by atoms with van der Waals surface area (Å²) in [4.78, 5) is 23.9. The normalized spacial score (nSPS) is 10.7.